The highest BCUT2D eigenvalue weighted by Crippen LogP contribution is 1.91. The first kappa shape index (κ1) is 11.1. The molecule has 0 fully saturated rings. The Kier molecular flexibility index (Phi) is 4.02. The van der Waals surface area contributed by atoms with E-state index in [1.165, 1.54) is 20.7 Å². The molecule has 0 saturated carbocycles. The highest BCUT2D eigenvalue weighted by atomic mass is 32.9. The van der Waals surface area contributed by atoms with E-state index < -0.39 is 6.09 Å². The van der Waals surface area contributed by atoms with Crippen molar-refractivity contribution in [2.24, 2.45) is 17.0 Å². The number of aromatic nitrogens is 1. The fourth-order valence-corrected chi connectivity index (χ4v) is 3.03. The summed E-state index contributed by atoms with van der Waals surface area (Å²) in [5.74, 6) is 0. The Balaban J connectivity index is 3.08. The van der Waals surface area contributed by atoms with Gasteiger partial charge in [0.15, 0.2) is 4.80 Å². The molecule has 5 nitrogen and oxygen atoms in total. The van der Waals surface area contributed by atoms with Gasteiger partial charge in [-0.05, 0) is 27.6 Å². The summed E-state index contributed by atoms with van der Waals surface area (Å²) in [6.07, 6.45) is -0.556. The van der Waals surface area contributed by atoms with Gasteiger partial charge in [-0.3, -0.25) is 9.56 Å². The highest BCUT2D eigenvalue weighted by Gasteiger charge is 2.00. The van der Waals surface area contributed by atoms with Crippen LogP contribution in [0.15, 0.2) is 9.98 Å². The van der Waals surface area contributed by atoms with E-state index in [0.29, 0.717) is 11.4 Å². The average Bonchev–Trinajstić information content (AvgIpc) is 2.48. The Morgan fingerprint density at radius 3 is 2.64 bits per heavy atom. The molecule has 0 aliphatic carbocycles. The van der Waals surface area contributed by atoms with E-state index in [0.717, 1.165) is 4.80 Å². The quantitative estimate of drug-likeness (QED) is 0.672. The summed E-state index contributed by atoms with van der Waals surface area (Å²) in [6, 6.07) is 0. The van der Waals surface area contributed by atoms with E-state index in [1.807, 2.05) is 7.05 Å². The summed E-state index contributed by atoms with van der Waals surface area (Å²) in [5, 5.41) is 0. The first-order valence-electron chi connectivity index (χ1n) is 3.99. The van der Waals surface area contributed by atoms with Crippen LogP contribution in [0.3, 0.4) is 0 Å². The third-order valence-electron chi connectivity index (χ3n) is 1.41. The molecule has 1 rings (SSSR count). The van der Waals surface area contributed by atoms with Crippen molar-refractivity contribution < 1.29 is 9.53 Å². The summed E-state index contributed by atoms with van der Waals surface area (Å²) in [6.45, 7) is 2.09. The lowest BCUT2D eigenvalue weighted by atomic mass is 10.9. The summed E-state index contributed by atoms with van der Waals surface area (Å²) >= 11 is 0. The van der Waals surface area contributed by atoms with E-state index >= 15 is 0 Å². The van der Waals surface area contributed by atoms with Gasteiger partial charge in [0, 0.05) is 14.1 Å². The monoisotopic (exact) mass is 233 g/mol. The summed E-state index contributed by atoms with van der Waals surface area (Å²) in [4.78, 5) is 20.3. The Morgan fingerprint density at radius 2 is 2.14 bits per heavy atom. The van der Waals surface area contributed by atoms with Gasteiger partial charge < -0.3 is 4.74 Å². The lowest BCUT2D eigenvalue weighted by Gasteiger charge is -1.93. The van der Waals surface area contributed by atoms with E-state index in [9.17, 15) is 4.79 Å². The molecular weight excluding hydrogens is 222 g/mol. The van der Waals surface area contributed by atoms with Crippen LogP contribution in [0.4, 0.5) is 4.79 Å². The maximum atomic E-state index is 11.0. The van der Waals surface area contributed by atoms with E-state index in [2.05, 4.69) is 9.98 Å². The van der Waals surface area contributed by atoms with Crippen LogP contribution in [0.25, 0.3) is 0 Å². The second-order valence-corrected chi connectivity index (χ2v) is 4.39. The fraction of sp³-hybridized carbons (Fsp3) is 0.571. The van der Waals surface area contributed by atoms with Crippen LogP contribution in [-0.4, -0.2) is 24.3 Å². The summed E-state index contributed by atoms with van der Waals surface area (Å²) in [5.41, 5.74) is 0. The van der Waals surface area contributed by atoms with Crippen molar-refractivity contribution >= 4 is 26.8 Å². The number of hydrogen-bond donors (Lipinski definition) is 0. The number of amides is 1. The molecule has 1 heterocycles. The van der Waals surface area contributed by atoms with Crippen molar-refractivity contribution in [3.63, 3.8) is 0 Å². The molecule has 0 unspecified atom stereocenters. The molecule has 1 aromatic rings. The topological polar surface area (TPSA) is 55.9 Å². The van der Waals surface area contributed by atoms with E-state index in [-0.39, 0.29) is 0 Å². The first-order chi connectivity index (χ1) is 6.69. The highest BCUT2D eigenvalue weighted by molar-refractivity contribution is 7.67. The lowest BCUT2D eigenvalue weighted by Crippen LogP contribution is -2.23. The maximum Gasteiger partial charge on any atom is 0.436 e. The van der Waals surface area contributed by atoms with Gasteiger partial charge >= 0.3 is 6.09 Å². The Hall–Kier alpha value is -0.950. The Bertz CT molecular complexity index is 440. The Labute approximate surface area is 88.4 Å². The smallest absolute Gasteiger partial charge is 0.436 e. The zero-order valence-electron chi connectivity index (χ0n) is 8.18. The number of nitrogens with zero attached hydrogens (tertiary/aromatic N) is 3. The van der Waals surface area contributed by atoms with Gasteiger partial charge in [-0.25, -0.2) is 4.79 Å². The third kappa shape index (κ3) is 2.52. The second kappa shape index (κ2) is 5.06. The molecule has 0 spiro atoms. The molecule has 78 valence electrons. The minimum atomic E-state index is -0.556. The first-order valence-corrected chi connectivity index (χ1v) is 6.14. The van der Waals surface area contributed by atoms with Crippen LogP contribution < -0.4 is 9.60 Å². The predicted molar refractivity (Wildman–Crippen MR) is 55.2 cm³/mol. The van der Waals surface area contributed by atoms with Crippen LogP contribution in [0, 0.1) is 0 Å². The molecule has 0 aliphatic heterocycles. The van der Waals surface area contributed by atoms with Gasteiger partial charge in [0.25, 0.3) is 0 Å². The predicted octanol–water partition coefficient (Wildman–Crippen LogP) is 0.736. The van der Waals surface area contributed by atoms with Crippen LogP contribution in [-0.2, 0) is 11.8 Å². The standard InChI is InChI=1S/C7H11N3O2S2/c1-4-12-7(11)9-6-10(3)5(8-2)13-14-6/h4H2,1-3H3. The fourth-order valence-electron chi connectivity index (χ4n) is 0.783. The van der Waals surface area contributed by atoms with E-state index in [1.54, 1.807) is 18.5 Å². The molecule has 0 aromatic carbocycles. The molecule has 7 heteroatoms. The third-order valence-corrected chi connectivity index (χ3v) is 3.76. The molecule has 0 N–H and O–H groups in total. The van der Waals surface area contributed by atoms with Crippen LogP contribution in [0.1, 0.15) is 6.92 Å². The van der Waals surface area contributed by atoms with Gasteiger partial charge in [0.1, 0.15) is 0 Å². The van der Waals surface area contributed by atoms with Crippen molar-refractivity contribution in [2.75, 3.05) is 13.7 Å². The molecule has 14 heavy (non-hydrogen) atoms. The number of hydrogen-bond acceptors (Lipinski definition) is 5. The van der Waals surface area contributed by atoms with Gasteiger partial charge in [0.05, 0.1) is 6.61 Å². The Morgan fingerprint density at radius 1 is 1.50 bits per heavy atom. The maximum absolute atomic E-state index is 11.0. The van der Waals surface area contributed by atoms with Crippen molar-refractivity contribution in [1.82, 2.24) is 4.57 Å². The van der Waals surface area contributed by atoms with Gasteiger partial charge in [-0.15, -0.1) is 4.99 Å². The second-order valence-electron chi connectivity index (χ2n) is 2.33. The van der Waals surface area contributed by atoms with Gasteiger partial charge in [-0.1, -0.05) is 0 Å². The SMILES string of the molecule is CCOC(=O)N=c1ssc(=NC)n1C. The molecule has 0 radical (unpaired) electrons. The van der Waals surface area contributed by atoms with Gasteiger partial charge in [-0.2, -0.15) is 0 Å². The van der Waals surface area contributed by atoms with Crippen molar-refractivity contribution in [3.8, 4) is 0 Å². The van der Waals surface area contributed by atoms with Crippen LogP contribution >= 0.6 is 20.7 Å². The molecule has 0 aliphatic rings. The van der Waals surface area contributed by atoms with Crippen molar-refractivity contribution in [3.05, 3.63) is 9.60 Å². The van der Waals surface area contributed by atoms with Gasteiger partial charge in [0.2, 0.25) is 4.80 Å². The zero-order valence-corrected chi connectivity index (χ0v) is 9.81. The van der Waals surface area contributed by atoms with Crippen molar-refractivity contribution in [1.29, 1.82) is 0 Å². The number of carbonyl (C=O) groups excluding carboxylic acids is 1. The largest absolute Gasteiger partial charge is 0.448 e. The number of ether oxygens (including phenoxy) is 1. The van der Waals surface area contributed by atoms with Crippen LogP contribution in [0.2, 0.25) is 0 Å². The minimum Gasteiger partial charge on any atom is -0.448 e. The summed E-state index contributed by atoms with van der Waals surface area (Å²) < 4.78 is 6.46. The normalized spacial score (nSPS) is 13.4. The van der Waals surface area contributed by atoms with E-state index in [4.69, 9.17) is 4.74 Å². The number of carbonyl (C=O) groups is 1. The molecule has 1 amide bonds. The number of rotatable bonds is 1. The molecule has 0 saturated heterocycles. The lowest BCUT2D eigenvalue weighted by molar-refractivity contribution is 0.162. The summed E-state index contributed by atoms with van der Waals surface area (Å²) in [7, 11) is 6.38. The van der Waals surface area contributed by atoms with Crippen molar-refractivity contribution in [2.45, 2.75) is 6.92 Å². The zero-order chi connectivity index (χ0) is 10.6. The molecule has 1 aromatic heterocycles. The molecule has 0 bridgehead atoms. The minimum absolute atomic E-state index is 0.339. The molecular formula is C7H11N3O2S2. The average molecular weight is 233 g/mol. The van der Waals surface area contributed by atoms with Crippen LogP contribution in [0.5, 0.6) is 0 Å². The molecule has 0 atom stereocenters.